The zero-order valence-corrected chi connectivity index (χ0v) is 21.1. The Morgan fingerprint density at radius 1 is 0.973 bits per heavy atom. The Morgan fingerprint density at radius 3 is 2.24 bits per heavy atom. The molecule has 1 unspecified atom stereocenters. The molecule has 1 aromatic carbocycles. The van der Waals surface area contributed by atoms with Crippen molar-refractivity contribution in [2.24, 2.45) is 11.8 Å². The standard InChI is InChI=1S/C25H29N5O7/c1-12(2)19(24(33)34)27-22(32)18-11-26-23(37-18)15-8-6-7-14(9-15)16-10-17(30-29-16)21(31)28-20(13(3)4)25(35)36-5/h6-13,19-20H,1-5H3,(H,27,32)(H,28,31)(H,29,30)(H,33,34)/t19?,20-/m1/s1. The molecule has 0 saturated heterocycles. The van der Waals surface area contributed by atoms with Crippen molar-refractivity contribution in [2.75, 3.05) is 7.11 Å². The topological polar surface area (TPSA) is 177 Å². The fourth-order valence-electron chi connectivity index (χ4n) is 3.48. The molecule has 2 atom stereocenters. The van der Waals surface area contributed by atoms with Gasteiger partial charge in [-0.05, 0) is 30.0 Å². The van der Waals surface area contributed by atoms with Crippen LogP contribution in [-0.2, 0) is 14.3 Å². The number of aliphatic carboxylic acids is 1. The number of carbonyl (C=O) groups excluding carboxylic acids is 3. The number of carboxylic acid groups (broad SMARTS) is 1. The van der Waals surface area contributed by atoms with Gasteiger partial charge in [0.15, 0.2) is 0 Å². The molecule has 0 saturated carbocycles. The summed E-state index contributed by atoms with van der Waals surface area (Å²) < 4.78 is 10.3. The summed E-state index contributed by atoms with van der Waals surface area (Å²) in [6, 6.07) is 6.59. The Kier molecular flexibility index (Phi) is 8.43. The van der Waals surface area contributed by atoms with Gasteiger partial charge < -0.3 is 24.9 Å². The quantitative estimate of drug-likeness (QED) is 0.298. The van der Waals surface area contributed by atoms with Crippen LogP contribution in [0.1, 0.15) is 48.7 Å². The van der Waals surface area contributed by atoms with Crippen molar-refractivity contribution in [2.45, 2.75) is 39.8 Å². The molecule has 0 aliphatic rings. The van der Waals surface area contributed by atoms with E-state index >= 15 is 0 Å². The Balaban J connectivity index is 1.77. The second-order valence-corrected chi connectivity index (χ2v) is 9.03. The molecule has 4 N–H and O–H groups in total. The van der Waals surface area contributed by atoms with E-state index in [0.717, 1.165) is 0 Å². The van der Waals surface area contributed by atoms with Gasteiger partial charge >= 0.3 is 11.9 Å². The Labute approximate surface area is 212 Å². The summed E-state index contributed by atoms with van der Waals surface area (Å²) in [6.45, 7) is 6.95. The van der Waals surface area contributed by atoms with Crippen LogP contribution in [0.4, 0.5) is 0 Å². The molecule has 37 heavy (non-hydrogen) atoms. The number of hydrogen-bond acceptors (Lipinski definition) is 8. The summed E-state index contributed by atoms with van der Waals surface area (Å²) in [5.74, 6) is -3.37. The van der Waals surface area contributed by atoms with Crippen molar-refractivity contribution in [1.29, 1.82) is 0 Å². The number of nitrogens with one attached hydrogen (secondary N) is 3. The van der Waals surface area contributed by atoms with Gasteiger partial charge in [-0.3, -0.25) is 14.7 Å². The number of benzene rings is 1. The first-order valence-electron chi connectivity index (χ1n) is 11.6. The maximum absolute atomic E-state index is 12.7. The maximum Gasteiger partial charge on any atom is 0.328 e. The van der Waals surface area contributed by atoms with E-state index in [4.69, 9.17) is 9.15 Å². The lowest BCUT2D eigenvalue weighted by molar-refractivity contribution is -0.144. The monoisotopic (exact) mass is 511 g/mol. The van der Waals surface area contributed by atoms with Gasteiger partial charge in [0, 0.05) is 11.1 Å². The maximum atomic E-state index is 12.7. The lowest BCUT2D eigenvalue weighted by Crippen LogP contribution is -2.45. The molecular formula is C25H29N5O7. The average molecular weight is 512 g/mol. The molecular weight excluding hydrogens is 482 g/mol. The summed E-state index contributed by atoms with van der Waals surface area (Å²) in [7, 11) is 1.26. The second kappa shape index (κ2) is 11.5. The van der Waals surface area contributed by atoms with Crippen LogP contribution < -0.4 is 10.6 Å². The highest BCUT2D eigenvalue weighted by Crippen LogP contribution is 2.26. The number of ether oxygens (including phenoxy) is 1. The van der Waals surface area contributed by atoms with Gasteiger partial charge in [0.1, 0.15) is 17.8 Å². The Bertz CT molecular complexity index is 1290. The van der Waals surface area contributed by atoms with Crippen LogP contribution >= 0.6 is 0 Å². The van der Waals surface area contributed by atoms with Gasteiger partial charge in [0.2, 0.25) is 11.7 Å². The number of carboxylic acids is 1. The van der Waals surface area contributed by atoms with Crippen molar-refractivity contribution in [1.82, 2.24) is 25.8 Å². The number of carbonyl (C=O) groups is 4. The molecule has 2 amide bonds. The molecule has 0 aliphatic heterocycles. The average Bonchev–Trinajstić information content (AvgIpc) is 3.55. The van der Waals surface area contributed by atoms with Gasteiger partial charge in [-0.2, -0.15) is 5.10 Å². The van der Waals surface area contributed by atoms with E-state index < -0.39 is 35.8 Å². The van der Waals surface area contributed by atoms with E-state index in [1.807, 2.05) is 0 Å². The van der Waals surface area contributed by atoms with Crippen LogP contribution in [0.15, 0.2) is 40.9 Å². The molecule has 0 bridgehead atoms. The first kappa shape index (κ1) is 27.1. The minimum absolute atomic E-state index is 0.128. The zero-order valence-electron chi connectivity index (χ0n) is 21.1. The third kappa shape index (κ3) is 6.40. The van der Waals surface area contributed by atoms with Crippen LogP contribution in [0.2, 0.25) is 0 Å². The number of esters is 1. The van der Waals surface area contributed by atoms with Crippen molar-refractivity contribution < 1.29 is 33.4 Å². The van der Waals surface area contributed by atoms with Crippen LogP contribution in [-0.4, -0.2) is 63.2 Å². The van der Waals surface area contributed by atoms with Crippen LogP contribution in [0.25, 0.3) is 22.7 Å². The number of nitrogens with zero attached hydrogens (tertiary/aromatic N) is 2. The molecule has 3 aromatic rings. The molecule has 0 aliphatic carbocycles. The summed E-state index contributed by atoms with van der Waals surface area (Å²) in [6.07, 6.45) is 1.22. The number of rotatable bonds is 10. The van der Waals surface area contributed by atoms with E-state index in [9.17, 15) is 24.3 Å². The molecule has 0 radical (unpaired) electrons. The number of hydrogen-bond donors (Lipinski definition) is 4. The van der Waals surface area contributed by atoms with E-state index in [-0.39, 0.29) is 29.2 Å². The number of H-pyrrole nitrogens is 1. The summed E-state index contributed by atoms with van der Waals surface area (Å²) in [4.78, 5) is 52.5. The fourth-order valence-corrected chi connectivity index (χ4v) is 3.48. The second-order valence-electron chi connectivity index (χ2n) is 9.03. The van der Waals surface area contributed by atoms with Gasteiger partial charge in [-0.1, -0.05) is 39.8 Å². The van der Waals surface area contributed by atoms with Crippen molar-refractivity contribution in [3.8, 4) is 22.7 Å². The molecule has 3 rings (SSSR count). The first-order valence-corrected chi connectivity index (χ1v) is 11.6. The molecule has 12 nitrogen and oxygen atoms in total. The van der Waals surface area contributed by atoms with Crippen LogP contribution in [0.5, 0.6) is 0 Å². The van der Waals surface area contributed by atoms with Crippen molar-refractivity contribution in [3.63, 3.8) is 0 Å². The Hall–Kier alpha value is -4.48. The molecule has 0 spiro atoms. The third-order valence-corrected chi connectivity index (χ3v) is 5.58. The highest BCUT2D eigenvalue weighted by Gasteiger charge is 2.27. The normalized spacial score (nSPS) is 12.7. The number of amides is 2. The predicted molar refractivity (Wildman–Crippen MR) is 131 cm³/mol. The summed E-state index contributed by atoms with van der Waals surface area (Å²) >= 11 is 0. The third-order valence-electron chi connectivity index (χ3n) is 5.58. The molecule has 0 fully saturated rings. The van der Waals surface area contributed by atoms with Crippen LogP contribution in [0.3, 0.4) is 0 Å². The fraction of sp³-hybridized carbons (Fsp3) is 0.360. The Morgan fingerprint density at radius 2 is 1.62 bits per heavy atom. The van der Waals surface area contributed by atoms with E-state index in [0.29, 0.717) is 16.8 Å². The highest BCUT2D eigenvalue weighted by atomic mass is 16.5. The van der Waals surface area contributed by atoms with Gasteiger partial charge in [0.25, 0.3) is 11.8 Å². The minimum Gasteiger partial charge on any atom is -0.480 e. The highest BCUT2D eigenvalue weighted by molar-refractivity contribution is 5.96. The molecule has 12 heteroatoms. The lowest BCUT2D eigenvalue weighted by Gasteiger charge is -2.19. The summed E-state index contributed by atoms with van der Waals surface area (Å²) in [5.41, 5.74) is 1.78. The predicted octanol–water partition coefficient (Wildman–Crippen LogP) is 2.50. The van der Waals surface area contributed by atoms with Gasteiger partial charge in [-0.15, -0.1) is 0 Å². The minimum atomic E-state index is -1.15. The van der Waals surface area contributed by atoms with Crippen molar-refractivity contribution in [3.05, 3.63) is 48.0 Å². The SMILES string of the molecule is COC(=O)[C@H](NC(=O)c1cc(-c2cccc(-c3ncc(C(=O)NC(C(=O)O)C(C)C)o3)c2)n[nH]1)C(C)C. The zero-order chi connectivity index (χ0) is 27.3. The van der Waals surface area contributed by atoms with Crippen molar-refractivity contribution >= 4 is 23.8 Å². The molecule has 196 valence electrons. The smallest absolute Gasteiger partial charge is 0.328 e. The van der Waals surface area contributed by atoms with Crippen LogP contribution in [0, 0.1) is 11.8 Å². The van der Waals surface area contributed by atoms with Gasteiger partial charge in [0.05, 0.1) is 19.0 Å². The van der Waals surface area contributed by atoms with E-state index in [1.54, 1.807) is 52.0 Å². The largest absolute Gasteiger partial charge is 0.480 e. The lowest BCUT2D eigenvalue weighted by atomic mass is 10.0. The van der Waals surface area contributed by atoms with E-state index in [2.05, 4.69) is 25.8 Å². The number of aromatic amines is 1. The molecule has 2 aromatic heterocycles. The summed E-state index contributed by atoms with van der Waals surface area (Å²) in [5, 5.41) is 21.2. The first-order chi connectivity index (χ1) is 17.5. The number of aromatic nitrogens is 3. The molecule has 2 heterocycles. The van der Waals surface area contributed by atoms with Gasteiger partial charge in [-0.25, -0.2) is 14.6 Å². The van der Waals surface area contributed by atoms with E-state index in [1.165, 1.54) is 19.4 Å². The number of oxazole rings is 1. The number of methoxy groups -OCH3 is 1.